The van der Waals surface area contributed by atoms with Gasteiger partial charge in [-0.2, -0.15) is 0 Å². The van der Waals surface area contributed by atoms with Crippen LogP contribution in [0, 0.1) is 5.82 Å². The van der Waals surface area contributed by atoms with Gasteiger partial charge in [-0.3, -0.25) is 4.79 Å². The number of aromatic nitrogens is 1. The molecule has 2 aromatic rings. The molecule has 0 spiro atoms. The Hall–Kier alpha value is -1.99. The summed E-state index contributed by atoms with van der Waals surface area (Å²) in [5.41, 5.74) is 1.10. The van der Waals surface area contributed by atoms with Crippen LogP contribution in [0.25, 0.3) is 0 Å². The molecular formula is C17H20FN3O2S. The fourth-order valence-corrected chi connectivity index (χ4v) is 3.45. The van der Waals surface area contributed by atoms with Gasteiger partial charge in [0.25, 0.3) is 5.91 Å². The van der Waals surface area contributed by atoms with Crippen molar-refractivity contribution < 1.29 is 13.9 Å². The van der Waals surface area contributed by atoms with Gasteiger partial charge in [0.15, 0.2) is 0 Å². The molecule has 0 saturated carbocycles. The van der Waals surface area contributed by atoms with Crippen LogP contribution in [0.15, 0.2) is 24.4 Å². The first-order chi connectivity index (χ1) is 11.5. The normalized spacial score (nSPS) is 17.2. The standard InChI is InChI=1S/C17H20FN3O2S/c1-10(2)20-13-8-11(18)5-6-12(13)21-16(22)15-9-19-17(24-15)14-4-3-7-23-14/h5-6,8-10,14,20H,3-4,7H2,1-2H3,(H,21,22). The van der Waals surface area contributed by atoms with Gasteiger partial charge >= 0.3 is 0 Å². The average molecular weight is 349 g/mol. The molecule has 0 radical (unpaired) electrons. The lowest BCUT2D eigenvalue weighted by molar-refractivity contribution is 0.103. The summed E-state index contributed by atoms with van der Waals surface area (Å²) >= 11 is 1.34. The van der Waals surface area contributed by atoms with Crippen molar-refractivity contribution in [3.05, 3.63) is 40.1 Å². The summed E-state index contributed by atoms with van der Waals surface area (Å²) < 4.78 is 19.1. The van der Waals surface area contributed by atoms with Gasteiger partial charge in [-0.05, 0) is 44.9 Å². The minimum absolute atomic E-state index is 0.000500. The van der Waals surface area contributed by atoms with Crippen molar-refractivity contribution in [3.63, 3.8) is 0 Å². The Morgan fingerprint density at radius 3 is 2.96 bits per heavy atom. The molecule has 0 bridgehead atoms. The Kier molecular flexibility index (Phi) is 5.11. The number of nitrogens with one attached hydrogen (secondary N) is 2. The van der Waals surface area contributed by atoms with E-state index in [-0.39, 0.29) is 23.9 Å². The molecule has 128 valence electrons. The second kappa shape index (κ2) is 7.27. The zero-order chi connectivity index (χ0) is 17.1. The van der Waals surface area contributed by atoms with Crippen LogP contribution in [0.1, 0.15) is 47.5 Å². The topological polar surface area (TPSA) is 63.2 Å². The van der Waals surface area contributed by atoms with Crippen molar-refractivity contribution in [2.75, 3.05) is 17.2 Å². The predicted octanol–water partition coefficient (Wildman–Crippen LogP) is 4.21. The van der Waals surface area contributed by atoms with E-state index in [2.05, 4.69) is 15.6 Å². The van der Waals surface area contributed by atoms with E-state index in [4.69, 9.17) is 4.74 Å². The van der Waals surface area contributed by atoms with Gasteiger partial charge in [-0.1, -0.05) is 0 Å². The number of benzene rings is 1. The average Bonchev–Trinajstić information content (AvgIpc) is 3.19. The number of ether oxygens (including phenoxy) is 1. The monoisotopic (exact) mass is 349 g/mol. The number of anilines is 2. The van der Waals surface area contributed by atoms with Crippen LogP contribution >= 0.6 is 11.3 Å². The number of hydrogen-bond donors (Lipinski definition) is 2. The molecule has 2 heterocycles. The van der Waals surface area contributed by atoms with Crippen LogP contribution in [0.5, 0.6) is 0 Å². The molecule has 1 aromatic carbocycles. The maximum Gasteiger partial charge on any atom is 0.267 e. The maximum atomic E-state index is 13.5. The highest BCUT2D eigenvalue weighted by atomic mass is 32.1. The molecule has 1 atom stereocenters. The number of nitrogens with zero attached hydrogens (tertiary/aromatic N) is 1. The fourth-order valence-electron chi connectivity index (χ4n) is 2.55. The molecular weight excluding hydrogens is 329 g/mol. The summed E-state index contributed by atoms with van der Waals surface area (Å²) in [6.07, 6.45) is 3.52. The second-order valence-electron chi connectivity index (χ2n) is 6.01. The van der Waals surface area contributed by atoms with Gasteiger partial charge in [0.1, 0.15) is 21.8 Å². The number of amides is 1. The minimum atomic E-state index is -0.352. The number of hydrogen-bond acceptors (Lipinski definition) is 5. The molecule has 1 unspecified atom stereocenters. The van der Waals surface area contributed by atoms with E-state index < -0.39 is 0 Å². The molecule has 1 aliphatic rings. The number of carbonyl (C=O) groups is 1. The summed E-state index contributed by atoms with van der Waals surface area (Å²) in [5.74, 6) is -0.607. The molecule has 0 aliphatic carbocycles. The SMILES string of the molecule is CC(C)Nc1cc(F)ccc1NC(=O)c1cnc(C2CCCO2)s1. The van der Waals surface area contributed by atoms with Crippen LogP contribution < -0.4 is 10.6 Å². The van der Waals surface area contributed by atoms with Gasteiger partial charge in [0.05, 0.1) is 17.6 Å². The van der Waals surface area contributed by atoms with Gasteiger partial charge in [-0.25, -0.2) is 9.37 Å². The molecule has 1 aliphatic heterocycles. The molecule has 3 rings (SSSR count). The van der Waals surface area contributed by atoms with E-state index in [1.54, 1.807) is 12.3 Å². The zero-order valence-electron chi connectivity index (χ0n) is 13.6. The van der Waals surface area contributed by atoms with Crippen molar-refractivity contribution in [2.45, 2.75) is 38.8 Å². The quantitative estimate of drug-likeness (QED) is 0.849. The van der Waals surface area contributed by atoms with E-state index in [9.17, 15) is 9.18 Å². The molecule has 1 saturated heterocycles. The van der Waals surface area contributed by atoms with Crippen LogP contribution in [-0.4, -0.2) is 23.5 Å². The Balaban J connectivity index is 1.75. The maximum absolute atomic E-state index is 13.5. The lowest BCUT2D eigenvalue weighted by Crippen LogP contribution is -2.15. The van der Waals surface area contributed by atoms with Gasteiger partial charge in [0, 0.05) is 12.6 Å². The van der Waals surface area contributed by atoms with E-state index in [0.29, 0.717) is 16.3 Å². The summed E-state index contributed by atoms with van der Waals surface area (Å²) in [4.78, 5) is 17.3. The number of rotatable bonds is 5. The van der Waals surface area contributed by atoms with Crippen molar-refractivity contribution in [2.24, 2.45) is 0 Å². The van der Waals surface area contributed by atoms with Crippen LogP contribution in [0.4, 0.5) is 15.8 Å². The van der Waals surface area contributed by atoms with E-state index >= 15 is 0 Å². The van der Waals surface area contributed by atoms with E-state index in [1.807, 2.05) is 13.8 Å². The summed E-state index contributed by atoms with van der Waals surface area (Å²) in [5, 5.41) is 6.79. The largest absolute Gasteiger partial charge is 0.381 e. The highest BCUT2D eigenvalue weighted by Crippen LogP contribution is 2.32. The molecule has 7 heteroatoms. The smallest absolute Gasteiger partial charge is 0.267 e. The van der Waals surface area contributed by atoms with Crippen LogP contribution in [0.3, 0.4) is 0 Å². The third kappa shape index (κ3) is 3.91. The van der Waals surface area contributed by atoms with E-state index in [1.165, 1.54) is 23.5 Å². The lowest BCUT2D eigenvalue weighted by atomic mass is 10.2. The third-order valence-electron chi connectivity index (χ3n) is 3.63. The number of thiazole rings is 1. The first kappa shape index (κ1) is 16.9. The van der Waals surface area contributed by atoms with Gasteiger partial charge in [0.2, 0.25) is 0 Å². The van der Waals surface area contributed by atoms with Crippen molar-refractivity contribution in [3.8, 4) is 0 Å². The number of carbonyl (C=O) groups excluding carboxylic acids is 1. The molecule has 2 N–H and O–H groups in total. The van der Waals surface area contributed by atoms with Gasteiger partial charge in [-0.15, -0.1) is 11.3 Å². The number of halogens is 1. The molecule has 24 heavy (non-hydrogen) atoms. The first-order valence-corrected chi connectivity index (χ1v) is 8.79. The summed E-state index contributed by atoms with van der Waals surface area (Å²) in [7, 11) is 0. The Bertz CT molecular complexity index is 726. The highest BCUT2D eigenvalue weighted by Gasteiger charge is 2.22. The Labute approximate surface area is 144 Å². The van der Waals surface area contributed by atoms with E-state index in [0.717, 1.165) is 24.5 Å². The third-order valence-corrected chi connectivity index (χ3v) is 4.71. The molecule has 1 fully saturated rings. The molecule has 5 nitrogen and oxygen atoms in total. The first-order valence-electron chi connectivity index (χ1n) is 7.97. The predicted molar refractivity (Wildman–Crippen MR) is 93.2 cm³/mol. The van der Waals surface area contributed by atoms with Crippen LogP contribution in [-0.2, 0) is 4.74 Å². The fraction of sp³-hybridized carbons (Fsp3) is 0.412. The molecule has 1 amide bonds. The Morgan fingerprint density at radius 1 is 1.42 bits per heavy atom. The minimum Gasteiger partial charge on any atom is -0.381 e. The van der Waals surface area contributed by atoms with Crippen LogP contribution in [0.2, 0.25) is 0 Å². The van der Waals surface area contributed by atoms with Crippen molar-refractivity contribution in [1.82, 2.24) is 4.98 Å². The zero-order valence-corrected chi connectivity index (χ0v) is 14.5. The lowest BCUT2D eigenvalue weighted by Gasteiger charge is -2.15. The molecule has 1 aromatic heterocycles. The second-order valence-corrected chi connectivity index (χ2v) is 7.07. The summed E-state index contributed by atoms with van der Waals surface area (Å²) in [6.45, 7) is 4.65. The van der Waals surface area contributed by atoms with Gasteiger partial charge < -0.3 is 15.4 Å². The van der Waals surface area contributed by atoms with Crippen molar-refractivity contribution in [1.29, 1.82) is 0 Å². The highest BCUT2D eigenvalue weighted by molar-refractivity contribution is 7.13. The summed E-state index contributed by atoms with van der Waals surface area (Å²) in [6, 6.07) is 4.38. The Morgan fingerprint density at radius 2 is 2.25 bits per heavy atom. The van der Waals surface area contributed by atoms with Crippen molar-refractivity contribution >= 4 is 28.6 Å².